The van der Waals surface area contributed by atoms with Gasteiger partial charge in [0.05, 0.1) is 6.10 Å². The van der Waals surface area contributed by atoms with Gasteiger partial charge < -0.3 is 9.84 Å². The number of hydrogen-bond acceptors (Lipinski definition) is 2. The topological polar surface area (TPSA) is 32.8 Å². The summed E-state index contributed by atoms with van der Waals surface area (Å²) in [5.41, 5.74) is 2.48. The molecular weight excluding hydrogens is 380 g/mol. The highest BCUT2D eigenvalue weighted by Crippen LogP contribution is 2.72. The number of fused-ring (bicyclic) bond motifs is 4. The Bertz CT molecular complexity index is 726. The van der Waals surface area contributed by atoms with E-state index in [2.05, 4.69) is 47.6 Å². The molecule has 4 fully saturated rings. The minimum Gasteiger partial charge on any atom is -0.393 e. The second kappa shape index (κ2) is 7.59. The van der Waals surface area contributed by atoms with Gasteiger partial charge in [-0.25, -0.2) is 0 Å². The summed E-state index contributed by atoms with van der Waals surface area (Å²) < 4.78 is 6.45. The lowest BCUT2D eigenvalue weighted by Crippen LogP contribution is -2.55. The van der Waals surface area contributed by atoms with Crippen LogP contribution < -0.4 is 0 Å². The van der Waals surface area contributed by atoms with Gasteiger partial charge in [0.25, 0.3) is 0 Å². The SMILES string of the molecule is CC[C@H](CC[C@@H](C)[C@H]1CC[C@H]2C3=C[C@@H]4O[C@@]45C[C@@H](O)CC[C@]5(C)[C@H]3CC[C@]12C)C(C)C. The maximum atomic E-state index is 10.4. The first kappa shape index (κ1) is 22.5. The van der Waals surface area contributed by atoms with Gasteiger partial charge in [-0.2, -0.15) is 0 Å². The Kier molecular flexibility index (Phi) is 5.50. The van der Waals surface area contributed by atoms with Crippen LogP contribution in [0, 0.1) is 46.3 Å². The van der Waals surface area contributed by atoms with Gasteiger partial charge in [0.15, 0.2) is 0 Å². The molecule has 1 saturated heterocycles. The molecule has 1 heterocycles. The van der Waals surface area contributed by atoms with Crippen molar-refractivity contribution in [3.05, 3.63) is 11.6 Å². The fraction of sp³-hybridized carbons (Fsp3) is 0.931. The van der Waals surface area contributed by atoms with Gasteiger partial charge in [0.2, 0.25) is 0 Å². The quantitative estimate of drug-likeness (QED) is 0.360. The number of hydrogen-bond donors (Lipinski definition) is 1. The Morgan fingerprint density at radius 2 is 1.81 bits per heavy atom. The second-order valence-corrected chi connectivity index (χ2v) is 13.2. The van der Waals surface area contributed by atoms with Gasteiger partial charge in [0, 0.05) is 11.8 Å². The Morgan fingerprint density at radius 3 is 2.52 bits per heavy atom. The van der Waals surface area contributed by atoms with Crippen molar-refractivity contribution in [2.75, 3.05) is 0 Å². The first-order valence-corrected chi connectivity index (χ1v) is 13.7. The highest BCUT2D eigenvalue weighted by atomic mass is 16.6. The monoisotopic (exact) mass is 428 g/mol. The molecule has 0 bridgehead atoms. The molecule has 5 rings (SSSR count). The molecular formula is C29H48O2. The fourth-order valence-corrected chi connectivity index (χ4v) is 9.57. The highest BCUT2D eigenvalue weighted by molar-refractivity contribution is 5.38. The van der Waals surface area contributed by atoms with Crippen molar-refractivity contribution in [3.63, 3.8) is 0 Å². The summed E-state index contributed by atoms with van der Waals surface area (Å²) in [5, 5.41) is 10.4. The van der Waals surface area contributed by atoms with E-state index in [1.165, 1.54) is 44.9 Å². The van der Waals surface area contributed by atoms with E-state index < -0.39 is 0 Å². The number of aliphatic hydroxyl groups is 1. The van der Waals surface area contributed by atoms with Crippen molar-refractivity contribution in [1.82, 2.24) is 0 Å². The van der Waals surface area contributed by atoms with Gasteiger partial charge in [0.1, 0.15) is 11.7 Å². The molecule has 0 aromatic carbocycles. The first-order chi connectivity index (χ1) is 14.7. The van der Waals surface area contributed by atoms with Crippen molar-refractivity contribution >= 4 is 0 Å². The molecule has 31 heavy (non-hydrogen) atoms. The molecule has 0 unspecified atom stereocenters. The Labute approximate surface area is 191 Å². The molecule has 176 valence electrons. The molecule has 5 aliphatic rings. The molecule has 0 aromatic heterocycles. The van der Waals surface area contributed by atoms with Crippen LogP contribution in [0.5, 0.6) is 0 Å². The van der Waals surface area contributed by atoms with E-state index in [0.29, 0.717) is 11.3 Å². The van der Waals surface area contributed by atoms with Crippen LogP contribution in [0.3, 0.4) is 0 Å². The molecule has 2 nitrogen and oxygen atoms in total. The molecule has 0 amide bonds. The fourth-order valence-electron chi connectivity index (χ4n) is 9.57. The smallest absolute Gasteiger partial charge is 0.107 e. The third-order valence-corrected chi connectivity index (χ3v) is 11.7. The zero-order chi connectivity index (χ0) is 22.2. The van der Waals surface area contributed by atoms with Crippen molar-refractivity contribution in [1.29, 1.82) is 0 Å². The van der Waals surface area contributed by atoms with E-state index >= 15 is 0 Å². The second-order valence-electron chi connectivity index (χ2n) is 13.2. The van der Waals surface area contributed by atoms with Crippen molar-refractivity contribution in [2.45, 2.75) is 124 Å². The van der Waals surface area contributed by atoms with Crippen molar-refractivity contribution in [2.24, 2.45) is 46.3 Å². The van der Waals surface area contributed by atoms with Crippen LogP contribution >= 0.6 is 0 Å². The molecule has 3 saturated carbocycles. The minimum absolute atomic E-state index is 0.0378. The average Bonchev–Trinajstić information content (AvgIpc) is 3.29. The number of rotatable bonds is 6. The number of aliphatic hydroxyl groups excluding tert-OH is 1. The predicted molar refractivity (Wildman–Crippen MR) is 128 cm³/mol. The number of ether oxygens (including phenoxy) is 1. The number of epoxide rings is 1. The molecule has 4 aliphatic carbocycles. The van der Waals surface area contributed by atoms with Gasteiger partial charge in [-0.05, 0) is 85.9 Å². The van der Waals surface area contributed by atoms with E-state index in [4.69, 9.17) is 4.74 Å². The van der Waals surface area contributed by atoms with Crippen LogP contribution in [0.2, 0.25) is 0 Å². The Hall–Kier alpha value is -0.340. The molecule has 10 atom stereocenters. The standard InChI is InChI=1S/C29H48O2/c1-7-20(18(2)3)9-8-19(4)23-10-11-24-22-16-26-29(31-26)17-21(30)12-15-28(29,6)25(22)13-14-27(23,24)5/h16,18-21,23-26,30H,7-15,17H2,1-6H3/t19-,20-,21+,23-,24+,25+,26+,27-,28-,29+/m1/s1. The average molecular weight is 429 g/mol. The van der Waals surface area contributed by atoms with E-state index in [1.54, 1.807) is 5.57 Å². The zero-order valence-corrected chi connectivity index (χ0v) is 21.1. The summed E-state index contributed by atoms with van der Waals surface area (Å²) in [6, 6.07) is 0. The van der Waals surface area contributed by atoms with Crippen LogP contribution in [0.4, 0.5) is 0 Å². The normalized spacial score (nSPS) is 50.1. The summed E-state index contributed by atoms with van der Waals surface area (Å²) in [6.07, 6.45) is 15.4. The molecule has 1 N–H and O–H groups in total. The third kappa shape index (κ3) is 3.17. The molecule has 0 radical (unpaired) electrons. The summed E-state index contributed by atoms with van der Waals surface area (Å²) >= 11 is 0. The molecule has 1 aliphatic heterocycles. The van der Waals surface area contributed by atoms with E-state index in [-0.39, 0.29) is 23.2 Å². The van der Waals surface area contributed by atoms with Gasteiger partial charge in [-0.1, -0.05) is 66.0 Å². The van der Waals surface area contributed by atoms with Crippen LogP contribution in [0.25, 0.3) is 0 Å². The molecule has 2 heteroatoms. The van der Waals surface area contributed by atoms with Crippen LogP contribution in [-0.4, -0.2) is 22.9 Å². The van der Waals surface area contributed by atoms with Crippen LogP contribution in [0.1, 0.15) is 106 Å². The summed E-state index contributed by atoms with van der Waals surface area (Å²) in [7, 11) is 0. The van der Waals surface area contributed by atoms with Gasteiger partial charge >= 0.3 is 0 Å². The Morgan fingerprint density at radius 1 is 1.03 bits per heavy atom. The zero-order valence-electron chi connectivity index (χ0n) is 21.1. The maximum absolute atomic E-state index is 10.4. The lowest BCUT2D eigenvalue weighted by Gasteiger charge is -2.56. The van der Waals surface area contributed by atoms with E-state index in [1.807, 2.05) is 0 Å². The van der Waals surface area contributed by atoms with Crippen molar-refractivity contribution in [3.8, 4) is 0 Å². The highest BCUT2D eigenvalue weighted by Gasteiger charge is 2.73. The largest absolute Gasteiger partial charge is 0.393 e. The lowest BCUT2D eigenvalue weighted by molar-refractivity contribution is -0.0537. The van der Waals surface area contributed by atoms with Crippen molar-refractivity contribution < 1.29 is 9.84 Å². The Balaban J connectivity index is 1.35. The molecule has 1 spiro atoms. The van der Waals surface area contributed by atoms with Gasteiger partial charge in [-0.3, -0.25) is 0 Å². The first-order valence-electron chi connectivity index (χ1n) is 13.7. The summed E-state index contributed by atoms with van der Waals surface area (Å²) in [5.74, 6) is 4.91. The lowest BCUT2D eigenvalue weighted by atomic mass is 9.47. The van der Waals surface area contributed by atoms with E-state index in [9.17, 15) is 5.11 Å². The third-order valence-electron chi connectivity index (χ3n) is 11.7. The van der Waals surface area contributed by atoms with Crippen LogP contribution in [-0.2, 0) is 4.74 Å². The van der Waals surface area contributed by atoms with Crippen LogP contribution in [0.15, 0.2) is 11.6 Å². The van der Waals surface area contributed by atoms with Gasteiger partial charge in [-0.15, -0.1) is 0 Å². The summed E-state index contributed by atoms with van der Waals surface area (Å²) in [6.45, 7) is 15.0. The maximum Gasteiger partial charge on any atom is 0.107 e. The predicted octanol–water partition coefficient (Wildman–Crippen LogP) is 7.16. The number of allylic oxidation sites excluding steroid dienone is 1. The minimum atomic E-state index is -0.156. The molecule has 0 aromatic rings. The summed E-state index contributed by atoms with van der Waals surface area (Å²) in [4.78, 5) is 0. The van der Waals surface area contributed by atoms with E-state index in [0.717, 1.165) is 48.9 Å².